The molecule has 182 valence electrons. The van der Waals surface area contributed by atoms with Gasteiger partial charge >= 0.3 is 5.97 Å². The first-order valence-corrected chi connectivity index (χ1v) is 11.8. The van der Waals surface area contributed by atoms with E-state index in [0.29, 0.717) is 16.5 Å². The van der Waals surface area contributed by atoms with Gasteiger partial charge in [0, 0.05) is 18.5 Å². The van der Waals surface area contributed by atoms with Crippen LogP contribution in [0.4, 0.5) is 0 Å². The molecular weight excluding hydrogens is 442 g/mol. The van der Waals surface area contributed by atoms with Crippen LogP contribution in [0, 0.1) is 13.8 Å². The van der Waals surface area contributed by atoms with Crippen LogP contribution < -0.4 is 15.4 Å². The number of nitrogens with one attached hydrogen (secondary N) is 1. The third-order valence-electron chi connectivity index (χ3n) is 6.39. The van der Waals surface area contributed by atoms with Crippen molar-refractivity contribution < 1.29 is 19.8 Å². The van der Waals surface area contributed by atoms with E-state index in [1.54, 1.807) is 0 Å². The average molecular weight is 474 g/mol. The number of hydrogen-bond donors (Lipinski definition) is 3. The van der Waals surface area contributed by atoms with E-state index in [-0.39, 0.29) is 0 Å². The maximum Gasteiger partial charge on any atom is 0.344 e. The summed E-state index contributed by atoms with van der Waals surface area (Å²) < 4.78 is 8.09. The van der Waals surface area contributed by atoms with Crippen molar-refractivity contribution in [2.45, 2.75) is 46.4 Å². The predicted octanol–water partition coefficient (Wildman–Crippen LogP) is 4.73. The van der Waals surface area contributed by atoms with Crippen molar-refractivity contribution in [1.82, 2.24) is 9.88 Å². The largest absolute Gasteiger partial charge is 0.479 e. The van der Waals surface area contributed by atoms with Crippen LogP contribution in [0.3, 0.4) is 0 Å². The lowest BCUT2D eigenvalue weighted by Crippen LogP contribution is -2.24. The Hall–Kier alpha value is -3.84. The zero-order valence-electron chi connectivity index (χ0n) is 20.3. The Balaban J connectivity index is 1.79. The molecular formula is C28H31N3O4. The van der Waals surface area contributed by atoms with E-state index in [1.165, 1.54) is 12.5 Å². The lowest BCUT2D eigenvalue weighted by molar-refractivity contribution is -0.144. The zero-order valence-corrected chi connectivity index (χ0v) is 20.3. The summed E-state index contributed by atoms with van der Waals surface area (Å²) in [6.45, 7) is 7.86. The van der Waals surface area contributed by atoms with Crippen LogP contribution in [0.2, 0.25) is 0 Å². The summed E-state index contributed by atoms with van der Waals surface area (Å²) in [5.74, 6) is -0.662. The second-order valence-corrected chi connectivity index (χ2v) is 8.77. The molecule has 4 aromatic rings. The minimum Gasteiger partial charge on any atom is -0.479 e. The van der Waals surface area contributed by atoms with Crippen LogP contribution in [0.15, 0.2) is 65.8 Å². The third kappa shape index (κ3) is 5.00. The van der Waals surface area contributed by atoms with Gasteiger partial charge in [0.05, 0.1) is 16.4 Å². The van der Waals surface area contributed by atoms with Crippen molar-refractivity contribution in [3.63, 3.8) is 0 Å². The summed E-state index contributed by atoms with van der Waals surface area (Å²) >= 11 is 0. The molecule has 0 saturated heterocycles. The first kappa shape index (κ1) is 24.3. The van der Waals surface area contributed by atoms with E-state index in [1.807, 2.05) is 62.4 Å². The molecule has 35 heavy (non-hydrogen) atoms. The number of nitrogens with zero attached hydrogens (tertiary/aromatic N) is 2. The molecule has 1 heterocycles. The number of fused-ring (bicyclic) bond motifs is 2. The standard InChI is InChI=1S/C28H31N3O4/c1-18-16-24(35-20(3)28(32)33)25-26(30-34)22-12-7-8-13-23(22)31(27(25)19(18)2)15-9-14-29-17-21-10-5-4-6-11-21/h4-8,10-13,16,20,29,34H,9,14-15,17H2,1-3H3,(H,32,33)/b30-26+. The Morgan fingerprint density at radius 1 is 1.11 bits per heavy atom. The molecule has 1 aromatic heterocycles. The lowest BCUT2D eigenvalue weighted by Gasteiger charge is -2.22. The van der Waals surface area contributed by atoms with Gasteiger partial charge in [0.2, 0.25) is 0 Å². The molecule has 1 unspecified atom stereocenters. The quantitative estimate of drug-likeness (QED) is 0.141. The summed E-state index contributed by atoms with van der Waals surface area (Å²) in [5.41, 5.74) is 5.07. The molecule has 0 fully saturated rings. The average Bonchev–Trinajstić information content (AvgIpc) is 2.86. The van der Waals surface area contributed by atoms with E-state index in [9.17, 15) is 15.1 Å². The Morgan fingerprint density at radius 3 is 2.54 bits per heavy atom. The number of ether oxygens (including phenoxy) is 1. The number of aromatic nitrogens is 1. The summed E-state index contributed by atoms with van der Waals surface area (Å²) in [6.07, 6.45) is -0.171. The maximum atomic E-state index is 11.5. The van der Waals surface area contributed by atoms with E-state index < -0.39 is 12.1 Å². The molecule has 0 aliphatic heterocycles. The van der Waals surface area contributed by atoms with Gasteiger partial charge in [-0.1, -0.05) is 53.7 Å². The maximum absolute atomic E-state index is 11.5. The van der Waals surface area contributed by atoms with Gasteiger partial charge in [-0.25, -0.2) is 4.79 Å². The highest BCUT2D eigenvalue weighted by molar-refractivity contribution is 5.98. The Kier molecular flexibility index (Phi) is 7.36. The van der Waals surface area contributed by atoms with Crippen molar-refractivity contribution >= 4 is 27.8 Å². The fourth-order valence-corrected chi connectivity index (χ4v) is 4.46. The number of aliphatic carboxylic acids is 1. The predicted molar refractivity (Wildman–Crippen MR) is 137 cm³/mol. The fourth-order valence-electron chi connectivity index (χ4n) is 4.46. The minimum absolute atomic E-state index is 0.379. The highest BCUT2D eigenvalue weighted by Crippen LogP contribution is 2.32. The van der Waals surface area contributed by atoms with Crippen molar-refractivity contribution in [3.05, 3.63) is 82.7 Å². The number of aryl methyl sites for hydroxylation is 3. The molecule has 7 heteroatoms. The molecule has 0 aliphatic carbocycles. The molecule has 0 spiro atoms. The monoisotopic (exact) mass is 473 g/mol. The lowest BCUT2D eigenvalue weighted by atomic mass is 10.0. The molecule has 4 rings (SSSR count). The van der Waals surface area contributed by atoms with Crippen LogP contribution in [0.1, 0.15) is 30.0 Å². The second-order valence-electron chi connectivity index (χ2n) is 8.77. The van der Waals surface area contributed by atoms with Crippen LogP contribution in [-0.2, 0) is 17.9 Å². The Bertz CT molecular complexity index is 1430. The van der Waals surface area contributed by atoms with Crippen molar-refractivity contribution in [2.75, 3.05) is 6.54 Å². The van der Waals surface area contributed by atoms with Gasteiger partial charge in [-0.3, -0.25) is 0 Å². The topological polar surface area (TPSA) is 96.1 Å². The smallest absolute Gasteiger partial charge is 0.344 e. The third-order valence-corrected chi connectivity index (χ3v) is 6.39. The van der Waals surface area contributed by atoms with Crippen LogP contribution >= 0.6 is 0 Å². The van der Waals surface area contributed by atoms with Crippen molar-refractivity contribution in [1.29, 1.82) is 0 Å². The number of carboxylic acid groups (broad SMARTS) is 1. The van der Waals surface area contributed by atoms with Gasteiger partial charge < -0.3 is 24.9 Å². The highest BCUT2D eigenvalue weighted by Gasteiger charge is 2.21. The molecule has 0 amide bonds. The zero-order chi connectivity index (χ0) is 24.9. The normalized spacial score (nSPS) is 12.8. The fraction of sp³-hybridized carbons (Fsp3) is 0.286. The van der Waals surface area contributed by atoms with Gasteiger partial charge in [-0.2, -0.15) is 0 Å². The number of carbonyl (C=O) groups is 1. The highest BCUT2D eigenvalue weighted by atomic mass is 16.5. The van der Waals surface area contributed by atoms with E-state index in [0.717, 1.165) is 53.6 Å². The molecule has 3 aromatic carbocycles. The number of para-hydroxylation sites is 1. The van der Waals surface area contributed by atoms with E-state index in [4.69, 9.17) is 4.74 Å². The molecule has 7 nitrogen and oxygen atoms in total. The molecule has 0 radical (unpaired) electrons. The summed E-state index contributed by atoms with van der Waals surface area (Å²) in [4.78, 5) is 11.5. The number of hydrogen-bond acceptors (Lipinski definition) is 5. The summed E-state index contributed by atoms with van der Waals surface area (Å²) in [5, 5.41) is 28.4. The Labute approximate surface area is 204 Å². The molecule has 0 saturated carbocycles. The first-order chi connectivity index (χ1) is 16.9. The van der Waals surface area contributed by atoms with Gasteiger partial charge in [0.1, 0.15) is 11.1 Å². The number of pyridine rings is 1. The Morgan fingerprint density at radius 2 is 1.83 bits per heavy atom. The second kappa shape index (κ2) is 10.6. The van der Waals surface area contributed by atoms with Crippen molar-refractivity contribution in [2.24, 2.45) is 5.16 Å². The number of rotatable bonds is 9. The van der Waals surface area contributed by atoms with E-state index in [2.05, 4.69) is 27.2 Å². The van der Waals surface area contributed by atoms with Gasteiger partial charge in [0.25, 0.3) is 0 Å². The van der Waals surface area contributed by atoms with Gasteiger partial charge in [-0.05, 0) is 62.6 Å². The molecule has 0 aliphatic rings. The first-order valence-electron chi connectivity index (χ1n) is 11.8. The minimum atomic E-state index is -1.06. The molecule has 1 atom stereocenters. The van der Waals surface area contributed by atoms with Crippen LogP contribution in [0.25, 0.3) is 21.8 Å². The van der Waals surface area contributed by atoms with Crippen LogP contribution in [0.5, 0.6) is 5.75 Å². The number of benzene rings is 3. The molecule has 0 bridgehead atoms. The van der Waals surface area contributed by atoms with Crippen LogP contribution in [-0.4, -0.2) is 33.5 Å². The van der Waals surface area contributed by atoms with Gasteiger partial charge in [-0.15, -0.1) is 0 Å². The SMILES string of the molecule is Cc1cc(OC(C)C(=O)O)c2/c(=N/O)c3ccccc3n(CCCNCc3ccccc3)c2c1C. The molecule has 3 N–H and O–H groups in total. The van der Waals surface area contributed by atoms with Gasteiger partial charge in [0.15, 0.2) is 6.10 Å². The van der Waals surface area contributed by atoms with E-state index >= 15 is 0 Å². The summed E-state index contributed by atoms with van der Waals surface area (Å²) in [6, 6.07) is 19.9. The van der Waals surface area contributed by atoms with Crippen molar-refractivity contribution in [3.8, 4) is 5.75 Å². The number of carboxylic acids is 1. The summed E-state index contributed by atoms with van der Waals surface area (Å²) in [7, 11) is 0.